The van der Waals surface area contributed by atoms with Crippen LogP contribution in [0.2, 0.25) is 0 Å². The molecule has 27 heavy (non-hydrogen) atoms. The molecule has 0 aliphatic carbocycles. The number of ether oxygens (including phenoxy) is 1. The first-order chi connectivity index (χ1) is 13.1. The summed E-state index contributed by atoms with van der Waals surface area (Å²) in [7, 11) is 0. The minimum atomic E-state index is 0.164. The predicted octanol–water partition coefficient (Wildman–Crippen LogP) is 3.53. The summed E-state index contributed by atoms with van der Waals surface area (Å²) in [4.78, 5) is 11.2. The van der Waals surface area contributed by atoms with Crippen molar-refractivity contribution in [1.29, 1.82) is 0 Å². The van der Waals surface area contributed by atoms with Crippen molar-refractivity contribution in [3.8, 4) is 11.3 Å². The van der Waals surface area contributed by atoms with Crippen LogP contribution >= 0.6 is 0 Å². The van der Waals surface area contributed by atoms with Crippen LogP contribution in [0.25, 0.3) is 11.3 Å². The van der Waals surface area contributed by atoms with Crippen LogP contribution in [0.5, 0.6) is 0 Å². The highest BCUT2D eigenvalue weighted by Crippen LogP contribution is 2.23. The molecular formula is C20H24N6O. The summed E-state index contributed by atoms with van der Waals surface area (Å²) in [6.07, 6.45) is 2.10. The molecule has 1 saturated heterocycles. The van der Waals surface area contributed by atoms with Gasteiger partial charge in [-0.25, -0.2) is 4.98 Å². The van der Waals surface area contributed by atoms with Gasteiger partial charge in [0.25, 0.3) is 0 Å². The Morgan fingerprint density at radius 2 is 1.81 bits per heavy atom. The maximum atomic E-state index is 5.79. The van der Waals surface area contributed by atoms with Crippen molar-refractivity contribution in [2.45, 2.75) is 33.0 Å². The molecule has 1 aliphatic heterocycles. The molecule has 7 nitrogen and oxygen atoms in total. The molecule has 1 aliphatic rings. The van der Waals surface area contributed by atoms with Gasteiger partial charge in [-0.05, 0) is 32.4 Å². The van der Waals surface area contributed by atoms with Crippen molar-refractivity contribution < 1.29 is 4.74 Å². The number of aromatic amines is 1. The zero-order chi connectivity index (χ0) is 18.8. The maximum Gasteiger partial charge on any atom is 0.227 e. The monoisotopic (exact) mass is 364 g/mol. The summed E-state index contributed by atoms with van der Waals surface area (Å²) in [5.74, 6) is 2.14. The van der Waals surface area contributed by atoms with Gasteiger partial charge in [-0.15, -0.1) is 0 Å². The average molecular weight is 364 g/mol. The number of nitrogens with zero attached hydrogens (tertiary/aromatic N) is 4. The lowest BCUT2D eigenvalue weighted by Gasteiger charge is -2.35. The third-order valence-electron chi connectivity index (χ3n) is 4.54. The first-order valence-electron chi connectivity index (χ1n) is 9.20. The second-order valence-electron chi connectivity index (χ2n) is 7.06. The van der Waals surface area contributed by atoms with Crippen molar-refractivity contribution in [3.05, 3.63) is 48.2 Å². The Bertz CT molecular complexity index is 897. The second kappa shape index (κ2) is 7.36. The van der Waals surface area contributed by atoms with Gasteiger partial charge in [-0.3, -0.25) is 5.10 Å². The van der Waals surface area contributed by atoms with E-state index in [4.69, 9.17) is 4.74 Å². The van der Waals surface area contributed by atoms with E-state index in [1.165, 1.54) is 5.56 Å². The number of hydrogen-bond acceptors (Lipinski definition) is 6. The van der Waals surface area contributed by atoms with Crippen molar-refractivity contribution in [3.63, 3.8) is 0 Å². The number of H-pyrrole nitrogens is 1. The van der Waals surface area contributed by atoms with Crippen molar-refractivity contribution in [1.82, 2.24) is 20.2 Å². The van der Waals surface area contributed by atoms with Crippen LogP contribution in [-0.2, 0) is 4.74 Å². The number of nitrogens with one attached hydrogen (secondary N) is 2. The number of hydrogen-bond donors (Lipinski definition) is 2. The van der Waals surface area contributed by atoms with Crippen LogP contribution in [0.4, 0.5) is 17.6 Å². The molecule has 0 saturated carbocycles. The van der Waals surface area contributed by atoms with Gasteiger partial charge < -0.3 is 15.0 Å². The highest BCUT2D eigenvalue weighted by Gasteiger charge is 2.24. The molecule has 140 valence electrons. The van der Waals surface area contributed by atoms with E-state index in [0.717, 1.165) is 30.2 Å². The first-order valence-corrected chi connectivity index (χ1v) is 9.20. The molecule has 3 heterocycles. The number of aromatic nitrogens is 4. The fraction of sp³-hybridized carbons (Fsp3) is 0.350. The van der Waals surface area contributed by atoms with E-state index < -0.39 is 0 Å². The lowest BCUT2D eigenvalue weighted by molar-refractivity contribution is -0.00571. The zero-order valence-electron chi connectivity index (χ0n) is 15.8. The lowest BCUT2D eigenvalue weighted by Crippen LogP contribution is -2.46. The molecule has 2 aromatic heterocycles. The Labute approximate surface area is 158 Å². The van der Waals surface area contributed by atoms with Crippen LogP contribution in [0.1, 0.15) is 19.4 Å². The van der Waals surface area contributed by atoms with Gasteiger partial charge in [0.05, 0.1) is 17.9 Å². The van der Waals surface area contributed by atoms with Crippen LogP contribution in [0.3, 0.4) is 0 Å². The molecule has 7 heteroatoms. The Balaban J connectivity index is 1.49. The Kier molecular flexibility index (Phi) is 4.77. The van der Waals surface area contributed by atoms with Crippen LogP contribution in [0, 0.1) is 6.92 Å². The number of anilines is 3. The summed E-state index contributed by atoms with van der Waals surface area (Å²) >= 11 is 0. The average Bonchev–Trinajstić information content (AvgIpc) is 3.10. The minimum absolute atomic E-state index is 0.164. The number of aryl methyl sites for hydroxylation is 1. The molecular weight excluding hydrogens is 340 g/mol. The van der Waals surface area contributed by atoms with Gasteiger partial charge in [0, 0.05) is 25.4 Å². The Hall–Kier alpha value is -2.93. The summed E-state index contributed by atoms with van der Waals surface area (Å²) in [5.41, 5.74) is 3.29. The fourth-order valence-electron chi connectivity index (χ4n) is 3.31. The van der Waals surface area contributed by atoms with E-state index in [1.54, 1.807) is 6.20 Å². The van der Waals surface area contributed by atoms with Gasteiger partial charge in [0.2, 0.25) is 5.95 Å². The third kappa shape index (κ3) is 4.09. The van der Waals surface area contributed by atoms with Crippen molar-refractivity contribution >= 4 is 17.6 Å². The topological polar surface area (TPSA) is 79.0 Å². The second-order valence-corrected chi connectivity index (χ2v) is 7.06. The molecule has 1 fully saturated rings. The quantitative estimate of drug-likeness (QED) is 0.737. The summed E-state index contributed by atoms with van der Waals surface area (Å²) in [6.45, 7) is 7.79. The highest BCUT2D eigenvalue weighted by atomic mass is 16.5. The highest BCUT2D eigenvalue weighted by molar-refractivity contribution is 5.65. The molecule has 1 aromatic carbocycles. The van der Waals surface area contributed by atoms with E-state index in [2.05, 4.69) is 75.4 Å². The summed E-state index contributed by atoms with van der Waals surface area (Å²) in [6, 6.07) is 12.2. The van der Waals surface area contributed by atoms with E-state index in [9.17, 15) is 0 Å². The van der Waals surface area contributed by atoms with Gasteiger partial charge in [0.15, 0.2) is 5.82 Å². The van der Waals surface area contributed by atoms with E-state index >= 15 is 0 Å². The lowest BCUT2D eigenvalue weighted by atomic mass is 10.1. The standard InChI is InChI=1S/C20H24N6O/c1-13-4-6-16(7-5-13)17-10-19(25-24-17)22-18-8-9-21-20(23-18)26-11-14(2)27-15(3)12-26/h4-10,14-15H,11-12H2,1-3H3,(H2,21,22,23,24,25)/t14-,15+. The Morgan fingerprint density at radius 3 is 2.56 bits per heavy atom. The maximum absolute atomic E-state index is 5.79. The molecule has 0 amide bonds. The molecule has 2 N–H and O–H groups in total. The SMILES string of the molecule is Cc1ccc(-c2cc(Nc3ccnc(N4C[C@@H](C)O[C@@H](C)C4)n3)n[nH]2)cc1. The summed E-state index contributed by atoms with van der Waals surface area (Å²) < 4.78 is 5.79. The minimum Gasteiger partial charge on any atom is -0.372 e. The molecule has 4 rings (SSSR count). The normalized spacial score (nSPS) is 19.9. The molecule has 0 bridgehead atoms. The predicted molar refractivity (Wildman–Crippen MR) is 106 cm³/mol. The molecule has 3 aromatic rings. The van der Waals surface area contributed by atoms with Crippen LogP contribution < -0.4 is 10.2 Å². The molecule has 0 unspecified atom stereocenters. The third-order valence-corrected chi connectivity index (χ3v) is 4.54. The largest absolute Gasteiger partial charge is 0.372 e. The van der Waals surface area contributed by atoms with Crippen LogP contribution in [0.15, 0.2) is 42.6 Å². The van der Waals surface area contributed by atoms with Gasteiger partial charge in [-0.1, -0.05) is 29.8 Å². The number of rotatable bonds is 4. The first kappa shape index (κ1) is 17.5. The Morgan fingerprint density at radius 1 is 1.07 bits per heavy atom. The van der Waals surface area contributed by atoms with E-state index in [-0.39, 0.29) is 12.2 Å². The van der Waals surface area contributed by atoms with Gasteiger partial charge in [0.1, 0.15) is 5.82 Å². The number of morpholine rings is 1. The number of benzene rings is 1. The van der Waals surface area contributed by atoms with E-state index in [1.807, 2.05) is 12.1 Å². The molecule has 0 radical (unpaired) electrons. The smallest absolute Gasteiger partial charge is 0.227 e. The van der Waals surface area contributed by atoms with Gasteiger partial charge >= 0.3 is 0 Å². The van der Waals surface area contributed by atoms with Crippen molar-refractivity contribution in [2.75, 3.05) is 23.3 Å². The zero-order valence-corrected chi connectivity index (χ0v) is 15.8. The van der Waals surface area contributed by atoms with Gasteiger partial charge in [-0.2, -0.15) is 10.1 Å². The van der Waals surface area contributed by atoms with E-state index in [0.29, 0.717) is 11.8 Å². The fourth-order valence-corrected chi connectivity index (χ4v) is 3.31. The summed E-state index contributed by atoms with van der Waals surface area (Å²) in [5, 5.41) is 10.7. The van der Waals surface area contributed by atoms with Crippen molar-refractivity contribution in [2.24, 2.45) is 0 Å². The van der Waals surface area contributed by atoms with Crippen LogP contribution in [-0.4, -0.2) is 45.5 Å². The molecule has 2 atom stereocenters. The molecule has 0 spiro atoms.